The zero-order valence-electron chi connectivity index (χ0n) is 15.3. The van der Waals surface area contributed by atoms with E-state index in [2.05, 4.69) is 45.0 Å². The molecule has 0 aliphatic heterocycles. The van der Waals surface area contributed by atoms with Gasteiger partial charge in [0, 0.05) is 0 Å². The van der Waals surface area contributed by atoms with E-state index >= 15 is 0 Å². The van der Waals surface area contributed by atoms with Gasteiger partial charge in [-0.15, -0.1) is 0 Å². The molecule has 0 fully saturated rings. The summed E-state index contributed by atoms with van der Waals surface area (Å²) in [4.78, 5) is 0. The Morgan fingerprint density at radius 3 is 1.48 bits per heavy atom. The van der Waals surface area contributed by atoms with E-state index in [9.17, 15) is 0 Å². The molecule has 0 saturated heterocycles. The molecule has 1 rings (SSSR count). The van der Waals surface area contributed by atoms with Crippen LogP contribution in [0.15, 0.2) is 24.3 Å². The molecule has 0 heterocycles. The molecule has 0 N–H and O–H groups in total. The van der Waals surface area contributed by atoms with Gasteiger partial charge in [0.15, 0.2) is 0 Å². The Hall–Kier alpha value is 0.230. The molecule has 3 heteroatoms. The van der Waals surface area contributed by atoms with Gasteiger partial charge in [0.2, 0.25) is 0 Å². The van der Waals surface area contributed by atoms with Gasteiger partial charge in [0.05, 0.1) is 0 Å². The molecule has 0 radical (unpaired) electrons. The van der Waals surface area contributed by atoms with Gasteiger partial charge in [0.1, 0.15) is 0 Å². The number of hydrogen-bond donors (Lipinski definition) is 0. The van der Waals surface area contributed by atoms with Crippen molar-refractivity contribution in [2.45, 2.75) is 71.3 Å². The van der Waals surface area contributed by atoms with Gasteiger partial charge in [0.25, 0.3) is 0 Å². The van der Waals surface area contributed by atoms with Crippen molar-refractivity contribution in [3.63, 3.8) is 0 Å². The van der Waals surface area contributed by atoms with Crippen LogP contribution in [-0.4, -0.2) is 18.5 Å². The first-order chi connectivity index (χ1) is 11.0. The number of alkyl halides is 1. The third-order valence-electron chi connectivity index (χ3n) is 4.97. The van der Waals surface area contributed by atoms with Crippen LogP contribution in [0.3, 0.4) is 0 Å². The molecule has 0 saturated carbocycles. The zero-order valence-corrected chi connectivity index (χ0v) is 17.7. The Morgan fingerprint density at radius 1 is 0.739 bits per heavy atom. The van der Waals surface area contributed by atoms with E-state index in [0.29, 0.717) is 5.88 Å². The summed E-state index contributed by atoms with van der Waals surface area (Å²) >= 11 is 13.6. The fraction of sp³-hybridized carbons (Fsp3) is 0.700. The molecule has 134 valence electrons. The van der Waals surface area contributed by atoms with Gasteiger partial charge < -0.3 is 0 Å². The Labute approximate surface area is 154 Å². The van der Waals surface area contributed by atoms with Gasteiger partial charge >= 0.3 is 154 Å². The monoisotopic (exact) mass is 376 g/mol. The van der Waals surface area contributed by atoms with Crippen LogP contribution in [0.1, 0.15) is 70.4 Å². The molecule has 1 aromatic rings. The molecule has 0 amide bonds. The third-order valence-corrected chi connectivity index (χ3v) is 12.6. The van der Waals surface area contributed by atoms with Crippen molar-refractivity contribution in [3.8, 4) is 0 Å². The molecule has 0 nitrogen and oxygen atoms in total. The summed E-state index contributed by atoms with van der Waals surface area (Å²) < 4.78 is 0. The van der Waals surface area contributed by atoms with E-state index in [1.807, 2.05) is 0 Å². The quantitative estimate of drug-likeness (QED) is 0.255. The van der Waals surface area contributed by atoms with E-state index in [1.54, 1.807) is 0 Å². The van der Waals surface area contributed by atoms with Crippen LogP contribution < -0.4 is 0 Å². The first kappa shape index (κ1) is 21.3. The zero-order chi connectivity index (χ0) is 17.2. The Kier molecular flexibility index (Phi) is 9.50. The van der Waals surface area contributed by atoms with E-state index in [1.165, 1.54) is 68.1 Å². The Bertz CT molecular complexity index is 417. The van der Waals surface area contributed by atoms with Crippen molar-refractivity contribution >= 4 is 28.8 Å². The van der Waals surface area contributed by atoms with Gasteiger partial charge in [-0.2, -0.15) is 0 Å². The van der Waals surface area contributed by atoms with Crippen LogP contribution in [0, 0.1) is 0 Å². The Balaban J connectivity index is 3.05. The van der Waals surface area contributed by atoms with Crippen LogP contribution in [-0.2, 0) is 12.0 Å². The predicted octanol–water partition coefficient (Wildman–Crippen LogP) is 8.03. The number of unbranched alkanes of at least 4 members (excludes halogenated alkanes) is 3. The summed E-state index contributed by atoms with van der Waals surface area (Å²) in [6.07, 6.45) is 12.4. The topological polar surface area (TPSA) is 0 Å². The summed E-state index contributed by atoms with van der Waals surface area (Å²) in [6.45, 7) is 6.85. The SMILES string of the molecule is CCCCP(Cl)(CCCC)(CCCC)Cc1ccc(CCl)cc1. The van der Waals surface area contributed by atoms with Crippen molar-refractivity contribution in [3.05, 3.63) is 35.4 Å². The summed E-state index contributed by atoms with van der Waals surface area (Å²) in [6, 6.07) is 8.84. The van der Waals surface area contributed by atoms with E-state index < -0.39 is 5.96 Å². The standard InChI is InChI=1S/C20H35Cl2P/c1-4-7-14-23(22,15-8-5-2,16-9-6-3)18-20-12-10-19(17-21)11-13-20/h10-13H,4-9,14-18H2,1-3H3. The predicted molar refractivity (Wildman–Crippen MR) is 112 cm³/mol. The van der Waals surface area contributed by atoms with Gasteiger partial charge in [-0.1, -0.05) is 0 Å². The van der Waals surface area contributed by atoms with Crippen molar-refractivity contribution in [2.75, 3.05) is 18.5 Å². The molecule has 23 heavy (non-hydrogen) atoms. The summed E-state index contributed by atoms with van der Waals surface area (Å²) in [5.74, 6) is -1.59. The number of rotatable bonds is 12. The fourth-order valence-corrected chi connectivity index (χ4v) is 10.7. The molecule has 0 unspecified atom stereocenters. The molecule has 0 aliphatic carbocycles. The van der Waals surface area contributed by atoms with E-state index in [0.717, 1.165) is 6.16 Å². The van der Waals surface area contributed by atoms with E-state index in [-0.39, 0.29) is 0 Å². The second-order valence-electron chi connectivity index (χ2n) is 7.16. The molecule has 0 spiro atoms. The second kappa shape index (κ2) is 10.3. The minimum absolute atomic E-state index is 0.590. The number of benzene rings is 1. The maximum absolute atomic E-state index is 7.65. The fourth-order valence-electron chi connectivity index (χ4n) is 3.42. The molecular weight excluding hydrogens is 342 g/mol. The summed E-state index contributed by atoms with van der Waals surface area (Å²) in [5, 5.41) is 0. The molecule has 0 bridgehead atoms. The van der Waals surface area contributed by atoms with Crippen LogP contribution in [0.4, 0.5) is 0 Å². The molecule has 0 aliphatic rings. The number of halogens is 2. The first-order valence-corrected chi connectivity index (χ1v) is 13.8. The van der Waals surface area contributed by atoms with Gasteiger partial charge in [-0.05, 0) is 0 Å². The normalized spacial score (nSPS) is 13.7. The minimum atomic E-state index is -2.18. The molecule has 1 aromatic carbocycles. The van der Waals surface area contributed by atoms with E-state index in [4.69, 9.17) is 22.8 Å². The van der Waals surface area contributed by atoms with Crippen LogP contribution >= 0.6 is 28.8 Å². The van der Waals surface area contributed by atoms with Crippen molar-refractivity contribution in [1.82, 2.24) is 0 Å². The van der Waals surface area contributed by atoms with Crippen LogP contribution in [0.25, 0.3) is 0 Å². The van der Waals surface area contributed by atoms with Gasteiger partial charge in [-0.25, -0.2) is 0 Å². The molecule has 0 aromatic heterocycles. The van der Waals surface area contributed by atoms with Gasteiger partial charge in [-0.3, -0.25) is 0 Å². The maximum atomic E-state index is 7.65. The van der Waals surface area contributed by atoms with Crippen molar-refractivity contribution in [2.24, 2.45) is 0 Å². The van der Waals surface area contributed by atoms with Crippen LogP contribution in [0.2, 0.25) is 0 Å². The molecule has 0 atom stereocenters. The van der Waals surface area contributed by atoms with Crippen molar-refractivity contribution < 1.29 is 0 Å². The number of hydrogen-bond acceptors (Lipinski definition) is 0. The Morgan fingerprint density at radius 2 is 1.13 bits per heavy atom. The van der Waals surface area contributed by atoms with Crippen molar-refractivity contribution in [1.29, 1.82) is 0 Å². The average molecular weight is 377 g/mol. The molecular formula is C20H35Cl2P. The summed E-state index contributed by atoms with van der Waals surface area (Å²) in [5.41, 5.74) is 2.61. The third kappa shape index (κ3) is 6.93. The first-order valence-electron chi connectivity index (χ1n) is 9.35. The van der Waals surface area contributed by atoms with Crippen LogP contribution in [0.5, 0.6) is 0 Å². The average Bonchev–Trinajstić information content (AvgIpc) is 2.58. The summed E-state index contributed by atoms with van der Waals surface area (Å²) in [7, 11) is 0. The second-order valence-corrected chi connectivity index (χ2v) is 15.6.